The number of anilines is 2. The topological polar surface area (TPSA) is 91.8 Å². The number of hydrogen-bond acceptors (Lipinski definition) is 6. The van der Waals surface area contributed by atoms with Gasteiger partial charge in [0.25, 0.3) is 10.0 Å². The van der Waals surface area contributed by atoms with Gasteiger partial charge in [0.15, 0.2) is 14.5 Å². The van der Waals surface area contributed by atoms with Gasteiger partial charge >= 0.3 is 18.6 Å². The van der Waals surface area contributed by atoms with E-state index in [9.17, 15) is 30.8 Å². The highest BCUT2D eigenvalue weighted by Gasteiger charge is 2.43. The SMILES string of the molecule is CN(C(=O)Nc1ccc(OC(F)(F)C(F)F)cc1)c1nc(Cl)c(S(=O)(=O)N(C)C)s1. The quantitative estimate of drug-likeness (QED) is 0.593. The van der Waals surface area contributed by atoms with Gasteiger partial charge in [-0.1, -0.05) is 22.9 Å². The number of amides is 2. The van der Waals surface area contributed by atoms with Crippen LogP contribution in [0.5, 0.6) is 5.75 Å². The lowest BCUT2D eigenvalue weighted by molar-refractivity contribution is -0.253. The van der Waals surface area contributed by atoms with E-state index in [1.165, 1.54) is 21.1 Å². The lowest BCUT2D eigenvalue weighted by Crippen LogP contribution is -2.33. The molecule has 1 aromatic carbocycles. The Morgan fingerprint density at radius 3 is 2.30 bits per heavy atom. The van der Waals surface area contributed by atoms with Crippen molar-refractivity contribution in [1.29, 1.82) is 0 Å². The normalized spacial score (nSPS) is 12.3. The number of ether oxygens (including phenoxy) is 1. The number of hydrogen-bond donors (Lipinski definition) is 1. The van der Waals surface area contributed by atoms with Gasteiger partial charge in [-0.15, -0.1) is 0 Å². The van der Waals surface area contributed by atoms with Gasteiger partial charge in [-0.3, -0.25) is 4.90 Å². The maximum Gasteiger partial charge on any atom is 0.461 e. The molecule has 0 bridgehead atoms. The van der Waals surface area contributed by atoms with Crippen LogP contribution in [0.2, 0.25) is 5.15 Å². The van der Waals surface area contributed by atoms with E-state index in [4.69, 9.17) is 11.6 Å². The second-order valence-electron chi connectivity index (χ2n) is 5.84. The maximum absolute atomic E-state index is 12.9. The van der Waals surface area contributed by atoms with Crippen molar-refractivity contribution >= 4 is 49.8 Å². The van der Waals surface area contributed by atoms with Crippen LogP contribution in [0.25, 0.3) is 0 Å². The van der Waals surface area contributed by atoms with E-state index in [1.807, 2.05) is 0 Å². The van der Waals surface area contributed by atoms with Gasteiger partial charge in [-0.05, 0) is 24.3 Å². The molecule has 1 N–H and O–H groups in total. The summed E-state index contributed by atoms with van der Waals surface area (Å²) in [5.74, 6) is -0.531. The van der Waals surface area contributed by atoms with Crippen molar-refractivity contribution in [2.45, 2.75) is 16.7 Å². The van der Waals surface area contributed by atoms with Crippen LogP contribution in [-0.4, -0.2) is 57.4 Å². The fraction of sp³-hybridized carbons (Fsp3) is 0.333. The van der Waals surface area contributed by atoms with Gasteiger partial charge in [-0.2, -0.15) is 17.6 Å². The van der Waals surface area contributed by atoms with E-state index in [1.54, 1.807) is 0 Å². The van der Waals surface area contributed by atoms with Crippen LogP contribution in [-0.2, 0) is 10.0 Å². The number of nitrogens with zero attached hydrogens (tertiary/aromatic N) is 3. The summed E-state index contributed by atoms with van der Waals surface area (Å²) in [5.41, 5.74) is 0.128. The summed E-state index contributed by atoms with van der Waals surface area (Å²) in [4.78, 5) is 17.2. The summed E-state index contributed by atoms with van der Waals surface area (Å²) in [7, 11) is 0.0656. The van der Waals surface area contributed by atoms with Crippen LogP contribution in [0.4, 0.5) is 33.2 Å². The first kappa shape index (κ1) is 24.1. The summed E-state index contributed by atoms with van der Waals surface area (Å²) in [5, 5.41) is 2.08. The standard InChI is InChI=1S/C15H15ClF4N4O4S2/c1-23(2)30(26,27)11-10(16)22-14(29-11)24(3)13(25)21-8-4-6-9(7-5-8)28-15(19,20)12(17)18/h4-7,12H,1-3H3,(H,21,25). The second-order valence-corrected chi connectivity index (χ2v) is 9.52. The van der Waals surface area contributed by atoms with E-state index in [-0.39, 0.29) is 20.2 Å². The van der Waals surface area contributed by atoms with Crippen LogP contribution in [0, 0.1) is 0 Å². The van der Waals surface area contributed by atoms with E-state index >= 15 is 0 Å². The number of rotatable bonds is 7. The van der Waals surface area contributed by atoms with Crippen molar-refractivity contribution in [1.82, 2.24) is 9.29 Å². The molecule has 166 valence electrons. The summed E-state index contributed by atoms with van der Waals surface area (Å²) in [6, 6.07) is 3.49. The molecule has 0 aliphatic heterocycles. The highest BCUT2D eigenvalue weighted by Crippen LogP contribution is 2.34. The number of benzene rings is 1. The third-order valence-electron chi connectivity index (χ3n) is 3.47. The molecule has 8 nitrogen and oxygen atoms in total. The minimum atomic E-state index is -4.65. The lowest BCUT2D eigenvalue weighted by Gasteiger charge is -2.17. The highest BCUT2D eigenvalue weighted by molar-refractivity contribution is 7.91. The number of alkyl halides is 4. The minimum absolute atomic E-state index is 0.0190. The third-order valence-corrected chi connectivity index (χ3v) is 7.40. The van der Waals surface area contributed by atoms with Crippen LogP contribution in [0.1, 0.15) is 0 Å². The molecule has 0 unspecified atom stereocenters. The molecule has 0 spiro atoms. The summed E-state index contributed by atoms with van der Waals surface area (Å²) >= 11 is 6.55. The van der Waals surface area contributed by atoms with Gasteiger partial charge in [0.2, 0.25) is 0 Å². The van der Waals surface area contributed by atoms with Gasteiger partial charge < -0.3 is 10.1 Å². The monoisotopic (exact) mass is 490 g/mol. The molecular formula is C15H15ClF4N4O4S2. The zero-order chi connectivity index (χ0) is 22.9. The zero-order valence-electron chi connectivity index (χ0n) is 15.6. The molecule has 0 saturated carbocycles. The molecule has 30 heavy (non-hydrogen) atoms. The smallest absolute Gasteiger partial charge is 0.428 e. The molecule has 0 aliphatic carbocycles. The Bertz CT molecular complexity index is 1020. The number of nitrogens with one attached hydrogen (secondary N) is 1. The summed E-state index contributed by atoms with van der Waals surface area (Å²) in [6.07, 6.45) is -8.66. The van der Waals surface area contributed by atoms with Crippen LogP contribution in [0.15, 0.2) is 28.5 Å². The van der Waals surface area contributed by atoms with Gasteiger partial charge in [0, 0.05) is 26.8 Å². The van der Waals surface area contributed by atoms with Crippen molar-refractivity contribution in [2.75, 3.05) is 31.4 Å². The Labute approximate surface area is 178 Å². The minimum Gasteiger partial charge on any atom is -0.428 e. The Kier molecular flexibility index (Phi) is 7.16. The number of thiazole rings is 1. The molecule has 1 aromatic heterocycles. The Hall–Kier alpha value is -2.16. The Morgan fingerprint density at radius 1 is 1.23 bits per heavy atom. The number of carbonyl (C=O) groups is 1. The molecule has 2 rings (SSSR count). The zero-order valence-corrected chi connectivity index (χ0v) is 18.0. The number of carbonyl (C=O) groups excluding carboxylic acids is 1. The van der Waals surface area contributed by atoms with Crippen molar-refractivity contribution in [3.05, 3.63) is 29.4 Å². The van der Waals surface area contributed by atoms with Crippen molar-refractivity contribution in [3.63, 3.8) is 0 Å². The second kappa shape index (κ2) is 8.91. The molecule has 2 amide bonds. The first-order valence-electron chi connectivity index (χ1n) is 7.84. The highest BCUT2D eigenvalue weighted by atomic mass is 35.5. The van der Waals surface area contributed by atoms with E-state index in [0.29, 0.717) is 11.3 Å². The van der Waals surface area contributed by atoms with E-state index in [0.717, 1.165) is 33.5 Å². The van der Waals surface area contributed by atoms with E-state index in [2.05, 4.69) is 15.0 Å². The average molecular weight is 491 g/mol. The van der Waals surface area contributed by atoms with Gasteiger partial charge in [-0.25, -0.2) is 22.5 Å². The lowest BCUT2D eigenvalue weighted by atomic mass is 10.3. The first-order chi connectivity index (χ1) is 13.8. The van der Waals surface area contributed by atoms with Crippen LogP contribution < -0.4 is 15.0 Å². The number of halogens is 5. The van der Waals surface area contributed by atoms with Crippen molar-refractivity contribution in [3.8, 4) is 5.75 Å². The third kappa shape index (κ3) is 5.30. The molecular weight excluding hydrogens is 476 g/mol. The fourth-order valence-corrected chi connectivity index (χ4v) is 4.72. The largest absolute Gasteiger partial charge is 0.461 e. The van der Waals surface area contributed by atoms with Crippen LogP contribution in [0.3, 0.4) is 0 Å². The van der Waals surface area contributed by atoms with Crippen LogP contribution >= 0.6 is 22.9 Å². The molecule has 0 radical (unpaired) electrons. The number of sulfonamides is 1. The fourth-order valence-electron chi connectivity index (χ4n) is 1.85. The molecule has 1 heterocycles. The first-order valence-corrected chi connectivity index (χ1v) is 10.5. The Balaban J connectivity index is 2.12. The summed E-state index contributed by atoms with van der Waals surface area (Å²) < 4.78 is 79.1. The summed E-state index contributed by atoms with van der Waals surface area (Å²) in [6.45, 7) is 0. The molecule has 0 atom stereocenters. The van der Waals surface area contributed by atoms with E-state index < -0.39 is 34.3 Å². The predicted molar refractivity (Wildman–Crippen MR) is 103 cm³/mol. The molecule has 0 fully saturated rings. The molecule has 2 aromatic rings. The van der Waals surface area contributed by atoms with Crippen molar-refractivity contribution in [2.24, 2.45) is 0 Å². The maximum atomic E-state index is 12.9. The molecule has 0 aliphatic rings. The number of aromatic nitrogens is 1. The average Bonchev–Trinajstić information content (AvgIpc) is 3.04. The number of urea groups is 1. The Morgan fingerprint density at radius 2 is 1.80 bits per heavy atom. The van der Waals surface area contributed by atoms with Gasteiger partial charge in [0.1, 0.15) is 5.75 Å². The predicted octanol–water partition coefficient (Wildman–Crippen LogP) is 3.95. The molecule has 0 saturated heterocycles. The molecule has 15 heteroatoms. The van der Waals surface area contributed by atoms with Crippen molar-refractivity contribution < 1.29 is 35.5 Å². The van der Waals surface area contributed by atoms with Gasteiger partial charge in [0.05, 0.1) is 0 Å².